The number of aryl methyl sites for hydroxylation is 1. The number of ether oxygens (including phenoxy) is 1. The number of benzene rings is 1. The molecular weight excluding hydrogens is 316 g/mol. The van der Waals surface area contributed by atoms with Gasteiger partial charge in [-0.3, -0.25) is 4.79 Å². The lowest BCUT2D eigenvalue weighted by atomic mass is 9.58. The normalized spacial score (nSPS) is 36.0. The largest absolute Gasteiger partial charge is 0.396 e. The molecule has 2 aliphatic carbocycles. The molecule has 0 amide bonds. The van der Waals surface area contributed by atoms with Crippen molar-refractivity contribution < 1.29 is 19.7 Å². The highest BCUT2D eigenvalue weighted by Gasteiger charge is 2.79. The summed E-state index contributed by atoms with van der Waals surface area (Å²) in [6, 6.07) is 9.86. The van der Waals surface area contributed by atoms with E-state index in [1.54, 1.807) is 0 Å². The number of ketones is 1. The molecule has 0 spiro atoms. The summed E-state index contributed by atoms with van der Waals surface area (Å²) in [5, 5.41) is 21.2. The number of rotatable bonds is 6. The van der Waals surface area contributed by atoms with Crippen LogP contribution in [0.25, 0.3) is 0 Å². The molecule has 2 aliphatic rings. The number of fused-ring (bicyclic) bond motifs is 2. The van der Waals surface area contributed by atoms with Gasteiger partial charge in [0.1, 0.15) is 5.78 Å². The highest BCUT2D eigenvalue weighted by atomic mass is 16.6. The fourth-order valence-corrected chi connectivity index (χ4v) is 5.38. The molecule has 0 unspecified atom stereocenters. The average molecular weight is 344 g/mol. The van der Waals surface area contributed by atoms with Gasteiger partial charge in [-0.25, -0.2) is 0 Å². The first-order chi connectivity index (χ1) is 11.8. The standard InChI is InChI=1S/C21H28O4/c1-14-18-16(13-22)12-20(19(14,2)3,21(18,24)25-4)17(23)11-10-15-8-6-5-7-9-15/h5-9,16,18,22,24H,1,10-13H2,2-4H3/t16-,18+,20-,21+/m1/s1. The van der Waals surface area contributed by atoms with E-state index >= 15 is 0 Å². The van der Waals surface area contributed by atoms with E-state index in [2.05, 4.69) is 6.58 Å². The monoisotopic (exact) mass is 344 g/mol. The number of Topliss-reactive ketones (excluding diaryl/α,β-unsaturated/α-hetero) is 1. The van der Waals surface area contributed by atoms with Gasteiger partial charge in [0.2, 0.25) is 0 Å². The van der Waals surface area contributed by atoms with Gasteiger partial charge in [-0.1, -0.05) is 56.3 Å². The smallest absolute Gasteiger partial charge is 0.185 e. The van der Waals surface area contributed by atoms with Crippen LogP contribution in [-0.4, -0.2) is 35.5 Å². The SMILES string of the molecule is C=C1[C@H]2[C@@H](CO)C[C@@](C(=O)CCc3ccccc3)(C1(C)C)[C@@]2(O)OC. The van der Waals surface area contributed by atoms with E-state index in [4.69, 9.17) is 4.74 Å². The molecular formula is C21H28O4. The van der Waals surface area contributed by atoms with Gasteiger partial charge >= 0.3 is 0 Å². The fraction of sp³-hybridized carbons (Fsp3) is 0.571. The zero-order chi connectivity index (χ0) is 18.5. The molecule has 4 atom stereocenters. The van der Waals surface area contributed by atoms with Crippen LogP contribution in [0.2, 0.25) is 0 Å². The Balaban J connectivity index is 1.97. The van der Waals surface area contributed by atoms with E-state index in [9.17, 15) is 15.0 Å². The maximum absolute atomic E-state index is 13.4. The molecule has 3 rings (SSSR count). The topological polar surface area (TPSA) is 66.8 Å². The lowest BCUT2D eigenvalue weighted by molar-refractivity contribution is -0.253. The van der Waals surface area contributed by atoms with Gasteiger partial charge in [0.25, 0.3) is 0 Å². The first-order valence-electron chi connectivity index (χ1n) is 8.91. The third-order valence-corrected chi connectivity index (χ3v) is 6.82. The number of carbonyl (C=O) groups is 1. The first kappa shape index (κ1) is 18.3. The lowest BCUT2D eigenvalue weighted by Gasteiger charge is -2.46. The summed E-state index contributed by atoms with van der Waals surface area (Å²) < 4.78 is 5.56. The maximum atomic E-state index is 13.4. The van der Waals surface area contributed by atoms with E-state index < -0.39 is 22.5 Å². The molecule has 2 fully saturated rings. The highest BCUT2D eigenvalue weighted by molar-refractivity contribution is 5.89. The predicted molar refractivity (Wildman–Crippen MR) is 95.8 cm³/mol. The van der Waals surface area contributed by atoms with Crippen molar-refractivity contribution in [3.63, 3.8) is 0 Å². The van der Waals surface area contributed by atoms with E-state index in [1.165, 1.54) is 7.11 Å². The molecule has 1 aromatic carbocycles. The lowest BCUT2D eigenvalue weighted by Crippen LogP contribution is -2.55. The van der Waals surface area contributed by atoms with E-state index in [0.29, 0.717) is 19.3 Å². The van der Waals surface area contributed by atoms with Gasteiger partial charge in [0, 0.05) is 31.5 Å². The fourth-order valence-electron chi connectivity index (χ4n) is 5.38. The van der Waals surface area contributed by atoms with E-state index in [1.807, 2.05) is 44.2 Å². The van der Waals surface area contributed by atoms with Crippen molar-refractivity contribution in [2.24, 2.45) is 22.7 Å². The Bertz CT molecular complexity index is 680. The Labute approximate surface area is 149 Å². The van der Waals surface area contributed by atoms with Gasteiger partial charge in [-0.2, -0.15) is 0 Å². The van der Waals surface area contributed by atoms with Crippen LogP contribution >= 0.6 is 0 Å². The number of hydrogen-bond acceptors (Lipinski definition) is 4. The molecule has 0 saturated heterocycles. The third-order valence-electron chi connectivity index (χ3n) is 6.82. The highest BCUT2D eigenvalue weighted by Crippen LogP contribution is 2.73. The van der Waals surface area contributed by atoms with E-state index in [-0.39, 0.29) is 18.3 Å². The molecule has 0 heterocycles. The van der Waals surface area contributed by atoms with Crippen LogP contribution in [0.1, 0.15) is 32.3 Å². The Morgan fingerprint density at radius 1 is 1.32 bits per heavy atom. The minimum Gasteiger partial charge on any atom is -0.396 e. The Morgan fingerprint density at radius 2 is 1.96 bits per heavy atom. The van der Waals surface area contributed by atoms with Crippen molar-refractivity contribution >= 4 is 5.78 Å². The van der Waals surface area contributed by atoms with Crippen molar-refractivity contribution in [2.45, 2.75) is 38.9 Å². The minimum absolute atomic E-state index is 0.00898. The van der Waals surface area contributed by atoms with Crippen molar-refractivity contribution in [1.82, 2.24) is 0 Å². The van der Waals surface area contributed by atoms with Gasteiger partial charge in [0.15, 0.2) is 5.79 Å². The van der Waals surface area contributed by atoms with Crippen LogP contribution in [0.4, 0.5) is 0 Å². The quantitative estimate of drug-likeness (QED) is 0.615. The number of carbonyl (C=O) groups excluding carboxylic acids is 1. The summed E-state index contributed by atoms with van der Waals surface area (Å²) in [5.74, 6) is -2.23. The number of aliphatic hydroxyl groups excluding tert-OH is 1. The minimum atomic E-state index is -1.60. The second-order valence-electron chi connectivity index (χ2n) is 7.99. The zero-order valence-corrected chi connectivity index (χ0v) is 15.3. The van der Waals surface area contributed by atoms with Crippen molar-refractivity contribution in [3.05, 3.63) is 48.0 Å². The molecule has 136 valence electrons. The molecule has 1 aromatic rings. The first-order valence-corrected chi connectivity index (χ1v) is 8.91. The summed E-state index contributed by atoms with van der Waals surface area (Å²) in [7, 11) is 1.45. The average Bonchev–Trinajstić information content (AvgIpc) is 2.96. The van der Waals surface area contributed by atoms with Crippen LogP contribution < -0.4 is 0 Å². The van der Waals surface area contributed by atoms with Crippen molar-refractivity contribution in [3.8, 4) is 0 Å². The number of aliphatic hydroxyl groups is 2. The molecule has 2 N–H and O–H groups in total. The molecule has 0 aromatic heterocycles. The Hall–Kier alpha value is -1.49. The third kappa shape index (κ3) is 2.21. The van der Waals surface area contributed by atoms with Crippen LogP contribution in [0.3, 0.4) is 0 Å². The number of methoxy groups -OCH3 is 1. The van der Waals surface area contributed by atoms with Crippen LogP contribution in [-0.2, 0) is 16.0 Å². The summed E-state index contributed by atoms with van der Waals surface area (Å²) >= 11 is 0. The zero-order valence-electron chi connectivity index (χ0n) is 15.3. The molecule has 4 heteroatoms. The van der Waals surface area contributed by atoms with Gasteiger partial charge in [-0.15, -0.1) is 0 Å². The second-order valence-corrected chi connectivity index (χ2v) is 7.99. The maximum Gasteiger partial charge on any atom is 0.185 e. The Morgan fingerprint density at radius 3 is 2.52 bits per heavy atom. The Kier molecular flexibility index (Phi) is 4.43. The molecule has 0 aliphatic heterocycles. The summed E-state index contributed by atoms with van der Waals surface area (Å²) in [4.78, 5) is 13.4. The second kappa shape index (κ2) is 6.04. The molecule has 4 nitrogen and oxygen atoms in total. The molecule has 2 bridgehead atoms. The summed E-state index contributed by atoms with van der Waals surface area (Å²) in [6.45, 7) is 8.02. The van der Waals surface area contributed by atoms with Crippen molar-refractivity contribution in [1.29, 1.82) is 0 Å². The van der Waals surface area contributed by atoms with Gasteiger partial charge < -0.3 is 14.9 Å². The molecule has 2 saturated carbocycles. The van der Waals surface area contributed by atoms with Crippen molar-refractivity contribution in [2.75, 3.05) is 13.7 Å². The molecule has 25 heavy (non-hydrogen) atoms. The van der Waals surface area contributed by atoms with Crippen LogP contribution in [0.15, 0.2) is 42.5 Å². The van der Waals surface area contributed by atoms with Crippen LogP contribution in [0.5, 0.6) is 0 Å². The summed E-state index contributed by atoms with van der Waals surface area (Å²) in [6.07, 6.45) is 1.38. The summed E-state index contributed by atoms with van der Waals surface area (Å²) in [5.41, 5.74) is 0.242. The van der Waals surface area contributed by atoms with Gasteiger partial charge in [0.05, 0.1) is 5.41 Å². The van der Waals surface area contributed by atoms with Gasteiger partial charge in [-0.05, 0) is 24.3 Å². The molecule has 0 radical (unpaired) electrons. The van der Waals surface area contributed by atoms with Crippen LogP contribution in [0, 0.1) is 22.7 Å². The number of hydrogen-bond donors (Lipinski definition) is 2. The van der Waals surface area contributed by atoms with E-state index in [0.717, 1.165) is 11.1 Å². The predicted octanol–water partition coefficient (Wildman–Crippen LogP) is 2.73.